The van der Waals surface area contributed by atoms with E-state index < -0.39 is 0 Å². The molecule has 0 N–H and O–H groups in total. The zero-order chi connectivity index (χ0) is 16.5. The lowest BCUT2D eigenvalue weighted by Gasteiger charge is -2.39. The maximum absolute atomic E-state index is 12.7. The van der Waals surface area contributed by atoms with Crippen molar-refractivity contribution in [2.24, 2.45) is 0 Å². The quantitative estimate of drug-likeness (QED) is 0.870. The Bertz CT molecular complexity index is 742. The molecule has 0 saturated carbocycles. The molecule has 2 aromatic rings. The van der Waals surface area contributed by atoms with Gasteiger partial charge in [-0.1, -0.05) is 30.3 Å². The maximum Gasteiger partial charge on any atom is 0.227 e. The minimum atomic E-state index is 0.218. The first-order valence-corrected chi connectivity index (χ1v) is 8.50. The molecule has 0 bridgehead atoms. The number of hydrogen-bond donors (Lipinski definition) is 0. The summed E-state index contributed by atoms with van der Waals surface area (Å²) >= 11 is 0. The molecule has 124 valence electrons. The number of hydrogen-bond acceptors (Lipinski definition) is 3. The largest absolute Gasteiger partial charge is 0.497 e. The molecule has 0 aromatic heterocycles. The third-order valence-electron chi connectivity index (χ3n) is 5.11. The van der Waals surface area contributed by atoms with Gasteiger partial charge in [0.15, 0.2) is 0 Å². The molecule has 1 unspecified atom stereocenters. The number of carbonyl (C=O) groups is 1. The molecule has 2 aliphatic heterocycles. The monoisotopic (exact) mass is 322 g/mol. The van der Waals surface area contributed by atoms with Crippen molar-refractivity contribution in [3.05, 3.63) is 59.7 Å². The summed E-state index contributed by atoms with van der Waals surface area (Å²) in [7, 11) is 1.65. The van der Waals surface area contributed by atoms with Crippen molar-refractivity contribution < 1.29 is 9.53 Å². The molecular weight excluding hydrogens is 300 g/mol. The third kappa shape index (κ3) is 2.73. The number of para-hydroxylation sites is 1. The first kappa shape index (κ1) is 15.1. The van der Waals surface area contributed by atoms with E-state index in [0.29, 0.717) is 12.5 Å². The second-order valence-electron chi connectivity index (χ2n) is 6.54. The summed E-state index contributed by atoms with van der Waals surface area (Å²) in [6.45, 7) is 2.56. The van der Waals surface area contributed by atoms with Crippen LogP contribution in [0, 0.1) is 0 Å². The van der Waals surface area contributed by atoms with Gasteiger partial charge in [0.1, 0.15) is 5.75 Å². The average Bonchev–Trinajstić information content (AvgIpc) is 3.00. The van der Waals surface area contributed by atoms with Crippen molar-refractivity contribution in [1.82, 2.24) is 4.90 Å². The number of rotatable bonds is 3. The molecule has 1 atom stereocenters. The second kappa shape index (κ2) is 6.19. The van der Waals surface area contributed by atoms with E-state index in [1.165, 1.54) is 11.3 Å². The predicted octanol–water partition coefficient (Wildman–Crippen LogP) is 2.51. The zero-order valence-corrected chi connectivity index (χ0v) is 13.9. The van der Waals surface area contributed by atoms with E-state index in [1.807, 2.05) is 29.2 Å². The zero-order valence-electron chi connectivity index (χ0n) is 13.9. The highest BCUT2D eigenvalue weighted by Gasteiger charge is 2.35. The van der Waals surface area contributed by atoms with Crippen molar-refractivity contribution in [3.63, 3.8) is 0 Å². The molecule has 0 aliphatic carbocycles. The number of nitrogens with zero attached hydrogens (tertiary/aromatic N) is 2. The third-order valence-corrected chi connectivity index (χ3v) is 5.11. The minimum absolute atomic E-state index is 0.218. The summed E-state index contributed by atoms with van der Waals surface area (Å²) in [6, 6.07) is 16.8. The number of fused-ring (bicyclic) bond motifs is 3. The molecular formula is C20H22N2O2. The number of anilines is 1. The van der Waals surface area contributed by atoms with Gasteiger partial charge < -0.3 is 14.5 Å². The van der Waals surface area contributed by atoms with E-state index in [-0.39, 0.29) is 5.91 Å². The molecule has 4 heteroatoms. The van der Waals surface area contributed by atoms with Gasteiger partial charge in [0.05, 0.1) is 19.6 Å². The highest BCUT2D eigenvalue weighted by molar-refractivity contribution is 5.79. The van der Waals surface area contributed by atoms with Crippen LogP contribution in [-0.4, -0.2) is 43.6 Å². The number of methoxy groups -OCH3 is 1. The lowest BCUT2D eigenvalue weighted by atomic mass is 10.1. The van der Waals surface area contributed by atoms with E-state index in [1.54, 1.807) is 7.11 Å². The molecule has 4 rings (SSSR count). The van der Waals surface area contributed by atoms with Crippen LogP contribution in [0.2, 0.25) is 0 Å². The van der Waals surface area contributed by atoms with Crippen molar-refractivity contribution in [3.8, 4) is 5.75 Å². The van der Waals surface area contributed by atoms with Gasteiger partial charge in [-0.3, -0.25) is 4.79 Å². The van der Waals surface area contributed by atoms with Gasteiger partial charge in [0.25, 0.3) is 0 Å². The minimum Gasteiger partial charge on any atom is -0.497 e. The number of carbonyl (C=O) groups excluding carboxylic acids is 1. The smallest absolute Gasteiger partial charge is 0.227 e. The first-order chi connectivity index (χ1) is 11.7. The van der Waals surface area contributed by atoms with Gasteiger partial charge in [-0.15, -0.1) is 0 Å². The molecule has 0 radical (unpaired) electrons. The van der Waals surface area contributed by atoms with Crippen LogP contribution >= 0.6 is 0 Å². The standard InChI is InChI=1S/C20H22N2O2/c1-24-18-8-6-15(7-9-18)12-20(23)21-10-11-22-17(14-21)13-16-4-2-3-5-19(16)22/h2-9,17H,10-14H2,1H3. The number of piperazine rings is 1. The summed E-state index contributed by atoms with van der Waals surface area (Å²) in [6.07, 6.45) is 1.51. The Kier molecular flexibility index (Phi) is 3.89. The van der Waals surface area contributed by atoms with E-state index in [2.05, 4.69) is 29.2 Å². The Morgan fingerprint density at radius 2 is 1.92 bits per heavy atom. The van der Waals surface area contributed by atoms with Gasteiger partial charge in [-0.05, 0) is 35.7 Å². The lowest BCUT2D eigenvalue weighted by molar-refractivity contribution is -0.131. The fourth-order valence-corrected chi connectivity index (χ4v) is 3.82. The van der Waals surface area contributed by atoms with Gasteiger partial charge in [0.2, 0.25) is 5.91 Å². The highest BCUT2D eigenvalue weighted by Crippen LogP contribution is 2.33. The van der Waals surface area contributed by atoms with Crippen LogP contribution in [-0.2, 0) is 17.6 Å². The Labute approximate surface area is 142 Å². The van der Waals surface area contributed by atoms with E-state index in [4.69, 9.17) is 4.74 Å². The lowest BCUT2D eigenvalue weighted by Crippen LogP contribution is -2.53. The number of amides is 1. The van der Waals surface area contributed by atoms with Gasteiger partial charge in [0, 0.05) is 25.3 Å². The maximum atomic E-state index is 12.7. The van der Waals surface area contributed by atoms with E-state index >= 15 is 0 Å². The SMILES string of the molecule is COc1ccc(CC(=O)N2CCN3c4ccccc4CC3C2)cc1. The summed E-state index contributed by atoms with van der Waals surface area (Å²) in [4.78, 5) is 17.1. The molecule has 1 amide bonds. The molecule has 4 nitrogen and oxygen atoms in total. The Morgan fingerprint density at radius 3 is 2.71 bits per heavy atom. The number of benzene rings is 2. The van der Waals surface area contributed by atoms with E-state index in [0.717, 1.165) is 37.4 Å². The van der Waals surface area contributed by atoms with Crippen LogP contribution in [0.1, 0.15) is 11.1 Å². The number of ether oxygens (including phenoxy) is 1. The highest BCUT2D eigenvalue weighted by atomic mass is 16.5. The fourth-order valence-electron chi connectivity index (χ4n) is 3.82. The molecule has 2 aliphatic rings. The fraction of sp³-hybridized carbons (Fsp3) is 0.350. The van der Waals surface area contributed by atoms with Crippen molar-refractivity contribution >= 4 is 11.6 Å². The Hall–Kier alpha value is -2.49. The van der Waals surface area contributed by atoms with Crippen LogP contribution in [0.4, 0.5) is 5.69 Å². The molecule has 0 spiro atoms. The molecule has 1 saturated heterocycles. The Morgan fingerprint density at radius 1 is 1.12 bits per heavy atom. The average molecular weight is 322 g/mol. The van der Waals surface area contributed by atoms with E-state index in [9.17, 15) is 4.79 Å². The Balaban J connectivity index is 1.41. The van der Waals surface area contributed by atoms with Crippen LogP contribution in [0.15, 0.2) is 48.5 Å². The second-order valence-corrected chi connectivity index (χ2v) is 6.54. The molecule has 2 heterocycles. The summed E-state index contributed by atoms with van der Waals surface area (Å²) in [5, 5.41) is 0. The molecule has 24 heavy (non-hydrogen) atoms. The van der Waals surface area contributed by atoms with Gasteiger partial charge in [-0.25, -0.2) is 0 Å². The predicted molar refractivity (Wildman–Crippen MR) is 94.6 cm³/mol. The van der Waals surface area contributed by atoms with Crippen molar-refractivity contribution in [1.29, 1.82) is 0 Å². The van der Waals surface area contributed by atoms with Crippen LogP contribution < -0.4 is 9.64 Å². The van der Waals surface area contributed by atoms with Gasteiger partial charge in [-0.2, -0.15) is 0 Å². The van der Waals surface area contributed by atoms with Crippen molar-refractivity contribution in [2.45, 2.75) is 18.9 Å². The molecule has 1 fully saturated rings. The topological polar surface area (TPSA) is 32.8 Å². The van der Waals surface area contributed by atoms with Crippen LogP contribution in [0.3, 0.4) is 0 Å². The van der Waals surface area contributed by atoms with Gasteiger partial charge >= 0.3 is 0 Å². The summed E-state index contributed by atoms with van der Waals surface area (Å²) < 4.78 is 5.17. The normalized spacial score (nSPS) is 19.0. The summed E-state index contributed by atoms with van der Waals surface area (Å²) in [5.41, 5.74) is 3.80. The summed E-state index contributed by atoms with van der Waals surface area (Å²) in [5.74, 6) is 1.04. The van der Waals surface area contributed by atoms with Crippen LogP contribution in [0.5, 0.6) is 5.75 Å². The van der Waals surface area contributed by atoms with Crippen molar-refractivity contribution in [2.75, 3.05) is 31.6 Å². The first-order valence-electron chi connectivity index (χ1n) is 8.50. The molecule has 2 aromatic carbocycles. The van der Waals surface area contributed by atoms with Crippen LogP contribution in [0.25, 0.3) is 0 Å².